The van der Waals surface area contributed by atoms with Crippen LogP contribution in [0.25, 0.3) is 0 Å². The predicted octanol–water partition coefficient (Wildman–Crippen LogP) is 0.847. The topological polar surface area (TPSA) is 79.6 Å². The van der Waals surface area contributed by atoms with Gasteiger partial charge in [0, 0.05) is 26.3 Å². The lowest BCUT2D eigenvalue weighted by atomic mass is 10.4. The Balaban J connectivity index is 3.30. The molecule has 96 valence electrons. The first-order valence-electron chi connectivity index (χ1n) is 5.24. The third-order valence-electron chi connectivity index (χ3n) is 2.58. The molecule has 17 heavy (non-hydrogen) atoms. The molecule has 0 atom stereocenters. The fourth-order valence-corrected chi connectivity index (χ4v) is 2.64. The number of carboxylic acid groups (broad SMARTS) is 1. The smallest absolute Gasteiger partial charge is 0.352 e. The van der Waals surface area contributed by atoms with Crippen molar-refractivity contribution in [1.82, 2.24) is 8.87 Å². The lowest BCUT2D eigenvalue weighted by Gasteiger charge is -2.12. The van der Waals surface area contributed by atoms with Gasteiger partial charge in [0.2, 0.25) is 10.0 Å². The molecule has 0 aromatic carbocycles. The van der Waals surface area contributed by atoms with Crippen molar-refractivity contribution in [2.75, 3.05) is 13.6 Å². The van der Waals surface area contributed by atoms with Gasteiger partial charge in [-0.1, -0.05) is 6.92 Å². The van der Waals surface area contributed by atoms with Crippen LogP contribution in [0, 0.1) is 0 Å². The normalized spacial score (nSPS) is 12.0. The van der Waals surface area contributed by atoms with E-state index >= 15 is 0 Å². The van der Waals surface area contributed by atoms with Crippen molar-refractivity contribution in [3.8, 4) is 0 Å². The molecule has 7 heteroatoms. The average molecular weight is 260 g/mol. The molecule has 0 aliphatic rings. The summed E-state index contributed by atoms with van der Waals surface area (Å²) in [4.78, 5) is 10.9. The lowest BCUT2D eigenvalue weighted by Crippen LogP contribution is -2.26. The second-order valence-electron chi connectivity index (χ2n) is 3.57. The largest absolute Gasteiger partial charge is 0.477 e. The van der Waals surface area contributed by atoms with Crippen molar-refractivity contribution in [3.05, 3.63) is 18.0 Å². The Hall–Kier alpha value is -1.34. The summed E-state index contributed by atoms with van der Waals surface area (Å²) in [5.74, 6) is -1.13. The van der Waals surface area contributed by atoms with E-state index in [-0.39, 0.29) is 10.6 Å². The van der Waals surface area contributed by atoms with Gasteiger partial charge in [-0.3, -0.25) is 0 Å². The number of aromatic carboxylic acids is 1. The summed E-state index contributed by atoms with van der Waals surface area (Å²) in [6.45, 7) is 4.22. The maximum atomic E-state index is 12.0. The van der Waals surface area contributed by atoms with E-state index in [1.165, 1.54) is 28.2 Å². The maximum absolute atomic E-state index is 12.0. The molecular weight excluding hydrogens is 244 g/mol. The molecule has 1 aromatic rings. The molecule has 0 bridgehead atoms. The first-order chi connectivity index (χ1) is 7.84. The van der Waals surface area contributed by atoms with E-state index in [1.807, 2.05) is 0 Å². The van der Waals surface area contributed by atoms with Gasteiger partial charge in [0.05, 0.1) is 0 Å². The zero-order chi connectivity index (χ0) is 13.2. The Kier molecular flexibility index (Phi) is 3.94. The molecule has 0 spiro atoms. The number of carbonyl (C=O) groups is 1. The van der Waals surface area contributed by atoms with Crippen LogP contribution in [0.5, 0.6) is 0 Å². The van der Waals surface area contributed by atoms with Gasteiger partial charge in [-0.05, 0) is 13.0 Å². The van der Waals surface area contributed by atoms with E-state index in [0.29, 0.717) is 13.1 Å². The van der Waals surface area contributed by atoms with Gasteiger partial charge in [0.15, 0.2) is 0 Å². The van der Waals surface area contributed by atoms with E-state index in [2.05, 4.69) is 0 Å². The minimum Gasteiger partial charge on any atom is -0.477 e. The Bertz CT molecular complexity index is 518. The van der Waals surface area contributed by atoms with Crippen LogP contribution in [0.4, 0.5) is 0 Å². The van der Waals surface area contributed by atoms with Crippen LogP contribution in [-0.4, -0.2) is 42.0 Å². The number of nitrogens with zero attached hydrogens (tertiary/aromatic N) is 2. The second-order valence-corrected chi connectivity index (χ2v) is 5.62. The van der Waals surface area contributed by atoms with E-state index in [9.17, 15) is 13.2 Å². The van der Waals surface area contributed by atoms with Crippen LogP contribution in [0.2, 0.25) is 0 Å². The van der Waals surface area contributed by atoms with Gasteiger partial charge in [-0.15, -0.1) is 0 Å². The standard InChI is InChI=1S/C10H16N2O4S/c1-4-11(3)17(15,16)8-6-9(10(13)14)12(5-2)7-8/h6-7H,4-5H2,1-3H3,(H,13,14). The van der Waals surface area contributed by atoms with Crippen molar-refractivity contribution in [2.24, 2.45) is 0 Å². The van der Waals surface area contributed by atoms with Crippen LogP contribution in [0.1, 0.15) is 24.3 Å². The Morgan fingerprint density at radius 2 is 2.06 bits per heavy atom. The first kappa shape index (κ1) is 13.7. The molecule has 1 aromatic heterocycles. The molecule has 0 saturated heterocycles. The van der Waals surface area contributed by atoms with Crippen molar-refractivity contribution in [2.45, 2.75) is 25.3 Å². The van der Waals surface area contributed by atoms with E-state index in [0.717, 1.165) is 0 Å². The molecule has 6 nitrogen and oxygen atoms in total. The molecule has 0 saturated carbocycles. The third kappa shape index (κ3) is 2.50. The first-order valence-corrected chi connectivity index (χ1v) is 6.68. The highest BCUT2D eigenvalue weighted by Gasteiger charge is 2.23. The minimum atomic E-state index is -3.59. The van der Waals surface area contributed by atoms with E-state index in [4.69, 9.17) is 5.11 Å². The molecule has 0 aliphatic heterocycles. The second kappa shape index (κ2) is 4.89. The minimum absolute atomic E-state index is 0.0149. The van der Waals surface area contributed by atoms with Crippen LogP contribution >= 0.6 is 0 Å². The molecule has 0 fully saturated rings. The van der Waals surface area contributed by atoms with Gasteiger partial charge < -0.3 is 9.67 Å². The highest BCUT2D eigenvalue weighted by Crippen LogP contribution is 2.18. The fourth-order valence-electron chi connectivity index (χ4n) is 1.42. The summed E-state index contributed by atoms with van der Waals surface area (Å²) in [5.41, 5.74) is -0.0180. The molecule has 0 radical (unpaired) electrons. The summed E-state index contributed by atoms with van der Waals surface area (Å²) in [6.07, 6.45) is 1.35. The fraction of sp³-hybridized carbons (Fsp3) is 0.500. The van der Waals surface area contributed by atoms with Crippen molar-refractivity contribution in [1.29, 1.82) is 0 Å². The maximum Gasteiger partial charge on any atom is 0.352 e. The van der Waals surface area contributed by atoms with Crippen LogP contribution in [-0.2, 0) is 16.6 Å². The Morgan fingerprint density at radius 3 is 2.41 bits per heavy atom. The number of rotatable bonds is 5. The van der Waals surface area contributed by atoms with E-state index in [1.54, 1.807) is 13.8 Å². The molecule has 0 amide bonds. The monoisotopic (exact) mass is 260 g/mol. The third-order valence-corrected chi connectivity index (χ3v) is 4.48. The van der Waals surface area contributed by atoms with Gasteiger partial charge in [-0.2, -0.15) is 0 Å². The zero-order valence-electron chi connectivity index (χ0n) is 10.0. The molecule has 0 aliphatic carbocycles. The number of sulfonamides is 1. The Morgan fingerprint density at radius 1 is 1.47 bits per heavy atom. The summed E-state index contributed by atoms with van der Waals surface area (Å²) in [7, 11) is -2.13. The van der Waals surface area contributed by atoms with Gasteiger partial charge in [0.1, 0.15) is 10.6 Å². The predicted molar refractivity (Wildman–Crippen MR) is 62.6 cm³/mol. The van der Waals surface area contributed by atoms with Crippen LogP contribution < -0.4 is 0 Å². The van der Waals surface area contributed by atoms with Crippen molar-refractivity contribution < 1.29 is 18.3 Å². The lowest BCUT2D eigenvalue weighted by molar-refractivity contribution is 0.0685. The highest BCUT2D eigenvalue weighted by atomic mass is 32.2. The molecule has 0 unspecified atom stereocenters. The quantitative estimate of drug-likeness (QED) is 0.851. The molecule has 1 rings (SSSR count). The van der Waals surface area contributed by atoms with E-state index < -0.39 is 16.0 Å². The molecular formula is C10H16N2O4S. The molecule has 1 heterocycles. The number of hydrogen-bond donors (Lipinski definition) is 1. The number of carboxylic acids is 1. The van der Waals surface area contributed by atoms with Crippen LogP contribution in [0.3, 0.4) is 0 Å². The summed E-state index contributed by atoms with van der Waals surface area (Å²) >= 11 is 0. The van der Waals surface area contributed by atoms with Crippen molar-refractivity contribution >= 4 is 16.0 Å². The SMILES string of the molecule is CCN(C)S(=O)(=O)c1cc(C(=O)O)n(CC)c1. The number of hydrogen-bond acceptors (Lipinski definition) is 3. The van der Waals surface area contributed by atoms with Gasteiger partial charge >= 0.3 is 5.97 Å². The number of aryl methyl sites for hydroxylation is 1. The average Bonchev–Trinajstić information content (AvgIpc) is 2.72. The Labute approximate surface area is 101 Å². The van der Waals surface area contributed by atoms with Crippen molar-refractivity contribution in [3.63, 3.8) is 0 Å². The summed E-state index contributed by atoms with van der Waals surface area (Å²) in [6, 6.07) is 1.19. The highest BCUT2D eigenvalue weighted by molar-refractivity contribution is 7.89. The molecule has 1 N–H and O–H groups in total. The van der Waals surface area contributed by atoms with Gasteiger partial charge in [-0.25, -0.2) is 17.5 Å². The van der Waals surface area contributed by atoms with Crippen LogP contribution in [0.15, 0.2) is 17.2 Å². The summed E-state index contributed by atoms with van der Waals surface area (Å²) in [5, 5.41) is 8.94. The van der Waals surface area contributed by atoms with Gasteiger partial charge in [0.25, 0.3) is 0 Å². The summed E-state index contributed by atoms with van der Waals surface area (Å²) < 4.78 is 26.5. The zero-order valence-corrected chi connectivity index (χ0v) is 10.9. The number of aromatic nitrogens is 1.